The summed E-state index contributed by atoms with van der Waals surface area (Å²) in [6.45, 7) is 6.91. The third-order valence-corrected chi connectivity index (χ3v) is 8.83. The molecule has 3 atom stereocenters. The molecule has 7 nitrogen and oxygen atoms in total. The van der Waals surface area contributed by atoms with Crippen molar-refractivity contribution in [2.75, 3.05) is 57.3 Å². The Morgan fingerprint density at radius 3 is 2.57 bits per heavy atom. The molecule has 1 aromatic heterocycles. The Kier molecular flexibility index (Phi) is 10.0. The van der Waals surface area contributed by atoms with Crippen LogP contribution >= 0.6 is 11.6 Å². The molecule has 0 saturated carbocycles. The maximum atomic E-state index is 14.2. The lowest BCUT2D eigenvalue weighted by molar-refractivity contribution is -0.145. The topological polar surface area (TPSA) is 53.8 Å². The zero-order chi connectivity index (χ0) is 31.6. The third kappa shape index (κ3) is 7.13. The highest BCUT2D eigenvalue weighted by atomic mass is 35.5. The monoisotopic (exact) mass is 641 g/mol. The van der Waals surface area contributed by atoms with Crippen molar-refractivity contribution < 1.29 is 31.5 Å². The molecule has 0 bridgehead atoms. The summed E-state index contributed by atoms with van der Waals surface area (Å²) < 4.78 is 74.0. The van der Waals surface area contributed by atoms with Crippen LogP contribution in [-0.4, -0.2) is 90.4 Å². The van der Waals surface area contributed by atoms with E-state index in [0.29, 0.717) is 50.6 Å². The second kappa shape index (κ2) is 13.6. The molecule has 2 aliphatic heterocycles. The number of anilines is 1. The van der Waals surface area contributed by atoms with Crippen molar-refractivity contribution in [1.29, 1.82) is 0 Å². The Morgan fingerprint density at radius 2 is 1.91 bits per heavy atom. The van der Waals surface area contributed by atoms with Crippen molar-refractivity contribution in [2.45, 2.75) is 51.4 Å². The number of allylic oxidation sites excluding steroid dienone is 2. The van der Waals surface area contributed by atoms with Crippen molar-refractivity contribution in [2.24, 2.45) is 5.92 Å². The zero-order valence-electron chi connectivity index (χ0n) is 24.7. The van der Waals surface area contributed by atoms with Gasteiger partial charge < -0.3 is 9.64 Å². The number of aromatic nitrogens is 2. The SMILES string of the molecule is CCOC(=O)c1cnn(C2CCCN(c3cc(Cl)ccc3C3=CC(C)C(N4CCN(CC(F)F)CC4)C=C3)C2)c1C(F)(F)F. The first-order valence-electron chi connectivity index (χ1n) is 15.0. The molecule has 3 unspecified atom stereocenters. The van der Waals surface area contributed by atoms with Gasteiger partial charge in [-0.25, -0.2) is 13.6 Å². The smallest absolute Gasteiger partial charge is 0.433 e. The van der Waals surface area contributed by atoms with E-state index in [-0.39, 0.29) is 31.7 Å². The number of piperidine rings is 1. The molecule has 3 aliphatic rings. The fourth-order valence-corrected chi connectivity index (χ4v) is 6.72. The van der Waals surface area contributed by atoms with Gasteiger partial charge in [0.2, 0.25) is 0 Å². The highest BCUT2D eigenvalue weighted by Gasteiger charge is 2.43. The van der Waals surface area contributed by atoms with Crippen molar-refractivity contribution in [3.8, 4) is 0 Å². The second-order valence-electron chi connectivity index (χ2n) is 11.5. The molecular weight excluding hydrogens is 605 g/mol. The first kappa shape index (κ1) is 32.4. The molecule has 3 heterocycles. The van der Waals surface area contributed by atoms with E-state index in [1.165, 1.54) is 6.92 Å². The van der Waals surface area contributed by atoms with E-state index >= 15 is 0 Å². The van der Waals surface area contributed by atoms with Crippen LogP contribution in [-0.2, 0) is 10.9 Å². The van der Waals surface area contributed by atoms with Gasteiger partial charge in [-0.2, -0.15) is 18.3 Å². The number of hydrogen-bond donors (Lipinski definition) is 0. The summed E-state index contributed by atoms with van der Waals surface area (Å²) >= 11 is 6.44. The molecule has 2 saturated heterocycles. The molecule has 5 rings (SSSR count). The van der Waals surface area contributed by atoms with Crippen molar-refractivity contribution in [3.05, 3.63) is 64.5 Å². The average molecular weight is 642 g/mol. The average Bonchev–Trinajstić information content (AvgIpc) is 3.44. The first-order valence-corrected chi connectivity index (χ1v) is 15.3. The molecule has 0 N–H and O–H groups in total. The summed E-state index contributed by atoms with van der Waals surface area (Å²) in [5.41, 5.74) is 1.04. The normalized spacial score (nSPS) is 23.7. The zero-order valence-corrected chi connectivity index (χ0v) is 25.5. The van der Waals surface area contributed by atoms with Crippen molar-refractivity contribution in [3.63, 3.8) is 0 Å². The van der Waals surface area contributed by atoms with Crippen LogP contribution in [0.4, 0.5) is 27.6 Å². The number of carbonyl (C=O) groups excluding carboxylic acids is 1. The Hall–Kier alpha value is -2.96. The van der Waals surface area contributed by atoms with Crippen LogP contribution < -0.4 is 4.90 Å². The molecule has 0 spiro atoms. The first-order chi connectivity index (χ1) is 21.0. The van der Waals surface area contributed by atoms with Gasteiger partial charge in [-0.15, -0.1) is 0 Å². The Bertz CT molecular complexity index is 1390. The Labute approximate surface area is 258 Å². The highest BCUT2D eigenvalue weighted by Crippen LogP contribution is 2.39. The summed E-state index contributed by atoms with van der Waals surface area (Å²) in [6.07, 6.45) is 1.30. The van der Waals surface area contributed by atoms with Gasteiger partial charge in [0.05, 0.1) is 25.4 Å². The maximum absolute atomic E-state index is 14.2. The number of piperazine rings is 1. The molecule has 44 heavy (non-hydrogen) atoms. The van der Waals surface area contributed by atoms with E-state index in [9.17, 15) is 26.7 Å². The van der Waals surface area contributed by atoms with E-state index in [2.05, 4.69) is 35.2 Å². The van der Waals surface area contributed by atoms with Gasteiger partial charge in [0.25, 0.3) is 6.43 Å². The van der Waals surface area contributed by atoms with E-state index < -0.39 is 35.9 Å². The van der Waals surface area contributed by atoms with E-state index in [4.69, 9.17) is 16.3 Å². The molecule has 0 amide bonds. The van der Waals surface area contributed by atoms with Gasteiger partial charge in [0.1, 0.15) is 5.56 Å². The van der Waals surface area contributed by atoms with Gasteiger partial charge in [-0.05, 0) is 43.4 Å². The van der Waals surface area contributed by atoms with Crippen LogP contribution in [0.15, 0.2) is 42.6 Å². The lowest BCUT2D eigenvalue weighted by Crippen LogP contribution is -2.52. The van der Waals surface area contributed by atoms with Gasteiger partial charge >= 0.3 is 12.1 Å². The number of benzene rings is 1. The molecule has 0 radical (unpaired) electrons. The lowest BCUT2D eigenvalue weighted by atomic mass is 9.87. The highest BCUT2D eigenvalue weighted by molar-refractivity contribution is 6.31. The van der Waals surface area contributed by atoms with Crippen molar-refractivity contribution in [1.82, 2.24) is 19.6 Å². The third-order valence-electron chi connectivity index (χ3n) is 8.59. The predicted molar refractivity (Wildman–Crippen MR) is 159 cm³/mol. The predicted octanol–water partition coefficient (Wildman–Crippen LogP) is 6.41. The van der Waals surface area contributed by atoms with Crippen LogP contribution in [0.3, 0.4) is 0 Å². The van der Waals surface area contributed by atoms with Crippen LogP contribution in [0.5, 0.6) is 0 Å². The fraction of sp³-hybridized carbons (Fsp3) is 0.548. The number of rotatable bonds is 8. The summed E-state index contributed by atoms with van der Waals surface area (Å²) in [5.74, 6) is -0.900. The second-order valence-corrected chi connectivity index (χ2v) is 12.0. The number of alkyl halides is 5. The van der Waals surface area contributed by atoms with Crippen LogP contribution in [0.1, 0.15) is 54.3 Å². The number of carbonyl (C=O) groups is 1. The standard InChI is InChI=1S/C31H37ClF5N5O2/c1-3-44-30(43)25-17-38-42(29(25)31(35,36)37)23-5-4-10-41(18-23)27-16-22(32)7-8-24(27)21-6-9-26(20(2)15-21)40-13-11-39(12-14-40)19-28(33)34/h6-9,15-17,20,23,26,28H,3-5,10-14,18-19H2,1-2H3. The van der Waals surface area contributed by atoms with Gasteiger partial charge in [-0.1, -0.05) is 42.8 Å². The number of halogens is 6. The van der Waals surface area contributed by atoms with Crippen LogP contribution in [0.25, 0.3) is 5.57 Å². The number of hydrogen-bond acceptors (Lipinski definition) is 6. The van der Waals surface area contributed by atoms with Crippen LogP contribution in [0, 0.1) is 5.92 Å². The van der Waals surface area contributed by atoms with Crippen LogP contribution in [0.2, 0.25) is 5.02 Å². The largest absolute Gasteiger partial charge is 0.462 e. The molecule has 1 aliphatic carbocycles. The molecule has 13 heteroatoms. The number of esters is 1. The fourth-order valence-electron chi connectivity index (χ4n) is 6.55. The Balaban J connectivity index is 1.36. The van der Waals surface area contributed by atoms with Gasteiger partial charge in [0, 0.05) is 61.6 Å². The summed E-state index contributed by atoms with van der Waals surface area (Å²) in [5, 5.41) is 4.54. The molecule has 2 fully saturated rings. The summed E-state index contributed by atoms with van der Waals surface area (Å²) in [6, 6.07) is 5.08. The Morgan fingerprint density at radius 1 is 1.16 bits per heavy atom. The molecular formula is C31H37ClF5N5O2. The molecule has 1 aromatic carbocycles. The molecule has 2 aromatic rings. The quantitative estimate of drug-likeness (QED) is 0.245. The number of ether oxygens (including phenoxy) is 1. The van der Waals surface area contributed by atoms with E-state index in [0.717, 1.165) is 27.7 Å². The minimum atomic E-state index is -4.79. The van der Waals surface area contributed by atoms with E-state index in [1.807, 2.05) is 17.0 Å². The minimum absolute atomic E-state index is 0.0440. The van der Waals surface area contributed by atoms with Crippen molar-refractivity contribution >= 4 is 28.8 Å². The lowest BCUT2D eigenvalue weighted by Gasteiger charge is -2.41. The maximum Gasteiger partial charge on any atom is 0.433 e. The number of nitrogens with zero attached hydrogens (tertiary/aromatic N) is 5. The summed E-state index contributed by atoms with van der Waals surface area (Å²) in [4.78, 5) is 18.5. The molecule has 240 valence electrons. The van der Waals surface area contributed by atoms with Gasteiger partial charge in [-0.3, -0.25) is 14.5 Å². The minimum Gasteiger partial charge on any atom is -0.462 e. The summed E-state index contributed by atoms with van der Waals surface area (Å²) in [7, 11) is 0. The van der Waals surface area contributed by atoms with Gasteiger partial charge in [0.15, 0.2) is 5.69 Å². The van der Waals surface area contributed by atoms with E-state index in [1.54, 1.807) is 11.0 Å².